The van der Waals surface area contributed by atoms with Gasteiger partial charge in [-0.3, -0.25) is 4.79 Å². The van der Waals surface area contributed by atoms with Crippen LogP contribution in [0.4, 0.5) is 0 Å². The van der Waals surface area contributed by atoms with Gasteiger partial charge in [-0.05, 0) is 30.2 Å². The lowest BCUT2D eigenvalue weighted by molar-refractivity contribution is -0.128. The highest BCUT2D eigenvalue weighted by atomic mass is 35.5. The average molecular weight is 297 g/mol. The number of carbonyl (C=O) groups excluding carboxylic acids is 1. The molecule has 1 amide bonds. The highest BCUT2D eigenvalue weighted by molar-refractivity contribution is 6.28. The summed E-state index contributed by atoms with van der Waals surface area (Å²) in [6.07, 6.45) is 0.577. The van der Waals surface area contributed by atoms with E-state index >= 15 is 0 Å². The third-order valence-electron chi connectivity index (χ3n) is 3.39. The summed E-state index contributed by atoms with van der Waals surface area (Å²) in [4.78, 5) is 17.3. The van der Waals surface area contributed by atoms with Crippen LogP contribution in [0.15, 0.2) is 21.1 Å². The van der Waals surface area contributed by atoms with Crippen LogP contribution in [0.3, 0.4) is 0 Å². The van der Waals surface area contributed by atoms with Gasteiger partial charge in [-0.1, -0.05) is 5.16 Å². The van der Waals surface area contributed by atoms with Gasteiger partial charge in [-0.2, -0.15) is 4.98 Å². The third kappa shape index (κ3) is 2.19. The smallest absolute Gasteiger partial charge is 0.249 e. The zero-order chi connectivity index (χ0) is 14.3. The molecule has 0 bridgehead atoms. The van der Waals surface area contributed by atoms with E-state index in [0.717, 1.165) is 0 Å². The number of carbonyl (C=O) groups is 1. The average Bonchev–Trinajstić information content (AvgIpc) is 3.07. The van der Waals surface area contributed by atoms with Crippen LogP contribution >= 0.6 is 11.6 Å². The normalized spacial score (nSPS) is 22.4. The summed E-state index contributed by atoms with van der Waals surface area (Å²) in [5, 5.41) is 4.09. The molecule has 1 aliphatic rings. The Morgan fingerprint density at radius 1 is 1.55 bits per heavy atom. The molecule has 0 spiro atoms. The molecule has 3 rings (SSSR count). The minimum absolute atomic E-state index is 0.0186. The van der Waals surface area contributed by atoms with Crippen molar-refractivity contribution < 1.29 is 13.7 Å². The van der Waals surface area contributed by atoms with Gasteiger partial charge in [0.05, 0.1) is 0 Å². The number of aromatic nitrogens is 2. The van der Waals surface area contributed by atoms with Gasteiger partial charge >= 0.3 is 0 Å². The topological polar surface area (TPSA) is 98.4 Å². The van der Waals surface area contributed by atoms with Crippen molar-refractivity contribution in [1.29, 1.82) is 0 Å². The van der Waals surface area contributed by atoms with Crippen molar-refractivity contribution >= 4 is 17.5 Å². The molecule has 1 saturated heterocycles. The number of furan rings is 1. The Hall–Kier alpha value is -1.86. The highest BCUT2D eigenvalue weighted by Gasteiger charge is 2.42. The van der Waals surface area contributed by atoms with Crippen molar-refractivity contribution in [3.63, 3.8) is 0 Å². The van der Waals surface area contributed by atoms with Gasteiger partial charge in [0, 0.05) is 20.0 Å². The number of halogens is 1. The number of rotatable bonds is 2. The molecule has 0 saturated carbocycles. The number of hydrogen-bond acceptors (Lipinski definition) is 6. The van der Waals surface area contributed by atoms with Gasteiger partial charge < -0.3 is 19.6 Å². The van der Waals surface area contributed by atoms with Crippen molar-refractivity contribution in [2.45, 2.75) is 18.9 Å². The lowest BCUT2D eigenvalue weighted by atomic mass is 10.0. The van der Waals surface area contributed by atoms with E-state index in [-0.39, 0.29) is 17.0 Å². The number of amides is 1. The first kappa shape index (κ1) is 13.1. The number of nitrogens with two attached hydrogens (primary N) is 1. The lowest BCUT2D eigenvalue weighted by Gasteiger charge is -2.19. The molecule has 1 aliphatic heterocycles. The summed E-state index contributed by atoms with van der Waals surface area (Å²) in [5.41, 5.74) is 5.45. The minimum atomic E-state index is -0.812. The van der Waals surface area contributed by atoms with E-state index in [2.05, 4.69) is 10.1 Å². The predicted molar refractivity (Wildman–Crippen MR) is 69.7 cm³/mol. The van der Waals surface area contributed by atoms with Crippen molar-refractivity contribution in [2.24, 2.45) is 5.73 Å². The molecule has 8 heteroatoms. The maximum Gasteiger partial charge on any atom is 0.249 e. The van der Waals surface area contributed by atoms with Crippen molar-refractivity contribution in [1.82, 2.24) is 15.0 Å². The van der Waals surface area contributed by atoms with Crippen LogP contribution in [0.25, 0.3) is 11.6 Å². The van der Waals surface area contributed by atoms with Crippen molar-refractivity contribution in [3.05, 3.63) is 23.2 Å². The molecule has 2 aromatic rings. The van der Waals surface area contributed by atoms with E-state index in [0.29, 0.717) is 31.2 Å². The van der Waals surface area contributed by atoms with Gasteiger partial charge in [0.2, 0.25) is 17.6 Å². The Kier molecular flexibility index (Phi) is 3.02. The van der Waals surface area contributed by atoms with Crippen LogP contribution in [-0.2, 0) is 10.3 Å². The fourth-order valence-electron chi connectivity index (χ4n) is 2.24. The van der Waals surface area contributed by atoms with Crippen LogP contribution < -0.4 is 5.73 Å². The SMILES string of the molecule is CC(=O)N1CCC(N)(c2nc(-c3ccc(Cl)o3)no2)C1. The van der Waals surface area contributed by atoms with Crippen LogP contribution in [0.5, 0.6) is 0 Å². The first-order valence-electron chi connectivity index (χ1n) is 6.12. The maximum atomic E-state index is 11.4. The number of likely N-dealkylation sites (tertiary alicyclic amines) is 1. The molecule has 2 aromatic heterocycles. The summed E-state index contributed by atoms with van der Waals surface area (Å²) >= 11 is 5.70. The zero-order valence-electron chi connectivity index (χ0n) is 10.8. The quantitative estimate of drug-likeness (QED) is 0.899. The first-order valence-corrected chi connectivity index (χ1v) is 6.50. The summed E-state index contributed by atoms with van der Waals surface area (Å²) in [7, 11) is 0. The Bertz CT molecular complexity index is 653. The maximum absolute atomic E-state index is 11.4. The summed E-state index contributed by atoms with van der Waals surface area (Å²) in [5.74, 6) is 0.978. The number of hydrogen-bond donors (Lipinski definition) is 1. The molecule has 0 radical (unpaired) electrons. The molecule has 0 aromatic carbocycles. The van der Waals surface area contributed by atoms with E-state index in [9.17, 15) is 4.79 Å². The van der Waals surface area contributed by atoms with Crippen LogP contribution in [-0.4, -0.2) is 34.0 Å². The van der Waals surface area contributed by atoms with Crippen molar-refractivity contribution in [2.75, 3.05) is 13.1 Å². The lowest BCUT2D eigenvalue weighted by Crippen LogP contribution is -2.41. The molecule has 1 fully saturated rings. The summed E-state index contributed by atoms with van der Waals surface area (Å²) < 4.78 is 10.4. The molecule has 7 nitrogen and oxygen atoms in total. The van der Waals surface area contributed by atoms with E-state index in [1.54, 1.807) is 17.0 Å². The van der Waals surface area contributed by atoms with Gasteiger partial charge in [0.1, 0.15) is 5.54 Å². The van der Waals surface area contributed by atoms with E-state index in [4.69, 9.17) is 26.3 Å². The molecular formula is C12H13ClN4O3. The highest BCUT2D eigenvalue weighted by Crippen LogP contribution is 2.30. The molecule has 0 aliphatic carbocycles. The van der Waals surface area contributed by atoms with Crippen LogP contribution in [0.1, 0.15) is 19.2 Å². The second-order valence-electron chi connectivity index (χ2n) is 4.87. The van der Waals surface area contributed by atoms with Crippen LogP contribution in [0, 0.1) is 0 Å². The molecule has 20 heavy (non-hydrogen) atoms. The summed E-state index contributed by atoms with van der Waals surface area (Å²) in [6, 6.07) is 3.24. The second-order valence-corrected chi connectivity index (χ2v) is 5.25. The summed E-state index contributed by atoms with van der Waals surface area (Å²) in [6.45, 7) is 2.45. The fraction of sp³-hybridized carbons (Fsp3) is 0.417. The number of nitrogens with zero attached hydrogens (tertiary/aromatic N) is 3. The third-order valence-corrected chi connectivity index (χ3v) is 3.59. The Morgan fingerprint density at radius 2 is 2.35 bits per heavy atom. The molecular weight excluding hydrogens is 284 g/mol. The zero-order valence-corrected chi connectivity index (χ0v) is 11.6. The van der Waals surface area contributed by atoms with Gasteiger partial charge in [-0.15, -0.1) is 0 Å². The molecule has 1 atom stereocenters. The Labute approximate surface area is 119 Å². The Balaban J connectivity index is 1.85. The van der Waals surface area contributed by atoms with E-state index in [1.165, 1.54) is 6.92 Å². The van der Waals surface area contributed by atoms with Crippen LogP contribution in [0.2, 0.25) is 5.22 Å². The van der Waals surface area contributed by atoms with Gasteiger partial charge in [0.25, 0.3) is 0 Å². The van der Waals surface area contributed by atoms with Crippen molar-refractivity contribution in [3.8, 4) is 11.6 Å². The Morgan fingerprint density at radius 3 is 2.95 bits per heavy atom. The monoisotopic (exact) mass is 296 g/mol. The first-order chi connectivity index (χ1) is 9.48. The molecule has 2 N–H and O–H groups in total. The predicted octanol–water partition coefficient (Wildman–Crippen LogP) is 1.39. The standard InChI is InChI=1S/C12H13ClN4O3/c1-7(18)17-5-4-12(14,6-17)11-15-10(16-20-11)8-2-3-9(13)19-8/h2-3H,4-6,14H2,1H3. The molecule has 1 unspecified atom stereocenters. The van der Waals surface area contributed by atoms with E-state index < -0.39 is 5.54 Å². The van der Waals surface area contributed by atoms with Gasteiger partial charge in [-0.25, -0.2) is 0 Å². The minimum Gasteiger partial charge on any atom is -0.441 e. The molecule has 106 valence electrons. The largest absolute Gasteiger partial charge is 0.441 e. The van der Waals surface area contributed by atoms with Gasteiger partial charge in [0.15, 0.2) is 11.0 Å². The second kappa shape index (κ2) is 4.60. The molecule has 3 heterocycles. The van der Waals surface area contributed by atoms with E-state index in [1.807, 2.05) is 0 Å². The fourth-order valence-corrected chi connectivity index (χ4v) is 2.38.